The summed E-state index contributed by atoms with van der Waals surface area (Å²) < 4.78 is 0. The van der Waals surface area contributed by atoms with Crippen LogP contribution < -0.4 is 10.6 Å². The molecule has 0 bridgehead atoms. The lowest BCUT2D eigenvalue weighted by molar-refractivity contribution is 0.107. The lowest BCUT2D eigenvalue weighted by Gasteiger charge is -2.42. The number of hydrogen-bond acceptors (Lipinski definition) is 4. The van der Waals surface area contributed by atoms with Gasteiger partial charge in [0.15, 0.2) is 5.96 Å². The first kappa shape index (κ1) is 23.1. The van der Waals surface area contributed by atoms with Crippen LogP contribution in [0.4, 0.5) is 0 Å². The highest BCUT2D eigenvalue weighted by Crippen LogP contribution is 2.24. The van der Waals surface area contributed by atoms with Crippen molar-refractivity contribution in [3.05, 3.63) is 51.5 Å². The van der Waals surface area contributed by atoms with Crippen LogP contribution in [-0.4, -0.2) is 48.1 Å². The van der Waals surface area contributed by atoms with Crippen molar-refractivity contribution in [3.8, 4) is 0 Å². The minimum Gasteiger partial charge on any atom is -0.356 e. The van der Waals surface area contributed by atoms with E-state index in [9.17, 15) is 0 Å². The number of rotatable bonds is 6. The van der Waals surface area contributed by atoms with Gasteiger partial charge in [0.1, 0.15) is 0 Å². The van der Waals surface area contributed by atoms with E-state index in [2.05, 4.69) is 70.5 Å². The Bertz CT molecular complexity index is 787. The summed E-state index contributed by atoms with van der Waals surface area (Å²) in [6.45, 7) is 10.5. The Morgan fingerprint density at radius 1 is 1.25 bits per heavy atom. The van der Waals surface area contributed by atoms with E-state index in [-0.39, 0.29) is 29.5 Å². The Hall–Kier alpha value is -1.19. The van der Waals surface area contributed by atoms with Crippen molar-refractivity contribution in [2.24, 2.45) is 4.99 Å². The number of nitrogens with zero attached hydrogens (tertiary/aromatic N) is 3. The summed E-state index contributed by atoms with van der Waals surface area (Å²) in [4.78, 5) is 12.6. The van der Waals surface area contributed by atoms with Crippen LogP contribution >= 0.6 is 35.3 Å². The van der Waals surface area contributed by atoms with Crippen LogP contribution in [0.1, 0.15) is 34.9 Å². The van der Waals surface area contributed by atoms with Crippen LogP contribution in [0, 0.1) is 6.92 Å². The fraction of sp³-hybridized carbons (Fsp3) is 0.524. The molecule has 0 amide bonds. The van der Waals surface area contributed by atoms with E-state index in [0.717, 1.165) is 45.0 Å². The lowest BCUT2D eigenvalue weighted by atomic mass is 9.94. The predicted octanol–water partition coefficient (Wildman–Crippen LogP) is 3.61. The first-order valence-electron chi connectivity index (χ1n) is 9.65. The van der Waals surface area contributed by atoms with Gasteiger partial charge in [-0.15, -0.1) is 35.3 Å². The zero-order valence-corrected chi connectivity index (χ0v) is 20.4. The molecule has 1 aliphatic heterocycles. The smallest absolute Gasteiger partial charge is 0.191 e. The molecule has 0 atom stereocenters. The third-order valence-electron chi connectivity index (χ3n) is 5.20. The number of benzene rings is 1. The molecule has 0 saturated carbocycles. The Labute approximate surface area is 190 Å². The van der Waals surface area contributed by atoms with Gasteiger partial charge in [-0.2, -0.15) is 0 Å². The molecule has 28 heavy (non-hydrogen) atoms. The average molecular weight is 513 g/mol. The van der Waals surface area contributed by atoms with Gasteiger partial charge in [-0.05, 0) is 38.3 Å². The van der Waals surface area contributed by atoms with E-state index in [1.54, 1.807) is 11.3 Å². The van der Waals surface area contributed by atoms with Gasteiger partial charge in [0.05, 0.1) is 5.01 Å². The first-order chi connectivity index (χ1) is 13.0. The van der Waals surface area contributed by atoms with Crippen molar-refractivity contribution in [1.29, 1.82) is 0 Å². The Morgan fingerprint density at radius 3 is 2.68 bits per heavy atom. The third-order valence-corrected chi connectivity index (χ3v) is 6.17. The molecule has 0 spiro atoms. The van der Waals surface area contributed by atoms with E-state index >= 15 is 0 Å². The fourth-order valence-corrected chi connectivity index (χ4v) is 4.24. The molecule has 7 heteroatoms. The average Bonchev–Trinajstić information content (AvgIpc) is 3.09. The highest BCUT2D eigenvalue weighted by Gasteiger charge is 2.29. The molecule has 1 aromatic heterocycles. The van der Waals surface area contributed by atoms with Crippen LogP contribution in [0.5, 0.6) is 0 Å². The summed E-state index contributed by atoms with van der Waals surface area (Å²) in [5.74, 6) is 0.855. The SMILES string of the molecule is CN=C(NCCc1ncc(C)s1)NCC(C)(C)N1CCc2ccccc2C1.I. The van der Waals surface area contributed by atoms with Crippen molar-refractivity contribution in [3.63, 3.8) is 0 Å². The molecule has 3 rings (SSSR count). The molecule has 0 unspecified atom stereocenters. The normalized spacial score (nSPS) is 14.9. The number of thiazole rings is 1. The van der Waals surface area contributed by atoms with E-state index in [1.165, 1.54) is 21.0 Å². The lowest BCUT2D eigenvalue weighted by Crippen LogP contribution is -2.54. The molecule has 1 aliphatic rings. The number of aliphatic imine (C=N–C) groups is 1. The Balaban J connectivity index is 0.00000280. The molecule has 2 N–H and O–H groups in total. The molecule has 154 valence electrons. The number of aromatic nitrogens is 1. The van der Waals surface area contributed by atoms with Gasteiger partial charge in [-0.25, -0.2) is 4.98 Å². The maximum atomic E-state index is 4.41. The van der Waals surface area contributed by atoms with Gasteiger partial charge in [0.25, 0.3) is 0 Å². The zero-order chi connectivity index (χ0) is 19.3. The summed E-state index contributed by atoms with van der Waals surface area (Å²) in [6.07, 6.45) is 3.98. The molecule has 2 aromatic rings. The number of hydrogen-bond donors (Lipinski definition) is 2. The topological polar surface area (TPSA) is 52.6 Å². The number of aryl methyl sites for hydroxylation is 1. The highest BCUT2D eigenvalue weighted by atomic mass is 127. The van der Waals surface area contributed by atoms with Crippen molar-refractivity contribution < 1.29 is 0 Å². The minimum atomic E-state index is 0. The van der Waals surface area contributed by atoms with Gasteiger partial charge in [-0.3, -0.25) is 9.89 Å². The van der Waals surface area contributed by atoms with Gasteiger partial charge >= 0.3 is 0 Å². The van der Waals surface area contributed by atoms with Crippen LogP contribution in [0.2, 0.25) is 0 Å². The molecular formula is C21H32IN5S. The molecule has 1 aromatic carbocycles. The number of fused-ring (bicyclic) bond motifs is 1. The van der Waals surface area contributed by atoms with Crippen LogP contribution in [0.25, 0.3) is 0 Å². The maximum Gasteiger partial charge on any atom is 0.191 e. The van der Waals surface area contributed by atoms with Crippen LogP contribution in [0.3, 0.4) is 0 Å². The second kappa shape index (κ2) is 10.5. The Morgan fingerprint density at radius 2 is 2.00 bits per heavy atom. The molecule has 0 fully saturated rings. The summed E-state index contributed by atoms with van der Waals surface area (Å²) in [6, 6.07) is 8.80. The molecule has 0 radical (unpaired) electrons. The van der Waals surface area contributed by atoms with Gasteiger partial charge in [0, 0.05) is 56.3 Å². The van der Waals surface area contributed by atoms with E-state index in [0.29, 0.717) is 0 Å². The van der Waals surface area contributed by atoms with E-state index < -0.39 is 0 Å². The molecule has 0 aliphatic carbocycles. The summed E-state index contributed by atoms with van der Waals surface area (Å²) in [5, 5.41) is 8.08. The number of nitrogens with one attached hydrogen (secondary N) is 2. The second-order valence-electron chi connectivity index (χ2n) is 7.72. The number of guanidine groups is 1. The first-order valence-corrected chi connectivity index (χ1v) is 10.5. The highest BCUT2D eigenvalue weighted by molar-refractivity contribution is 14.0. The largest absolute Gasteiger partial charge is 0.356 e. The van der Waals surface area contributed by atoms with Crippen molar-refractivity contribution >= 4 is 41.3 Å². The van der Waals surface area contributed by atoms with E-state index in [1.807, 2.05) is 13.2 Å². The fourth-order valence-electron chi connectivity index (χ4n) is 3.45. The van der Waals surface area contributed by atoms with Crippen LogP contribution in [0.15, 0.2) is 35.5 Å². The standard InChI is InChI=1S/C21H31N5S.HI/c1-16-13-24-19(27-16)9-11-23-20(22-4)25-15-21(2,3)26-12-10-17-7-5-6-8-18(17)14-26;/h5-8,13H,9-12,14-15H2,1-4H3,(H2,22,23,25);1H. The van der Waals surface area contributed by atoms with Gasteiger partial charge in [0.2, 0.25) is 0 Å². The van der Waals surface area contributed by atoms with Crippen molar-refractivity contribution in [2.45, 2.75) is 45.7 Å². The summed E-state index contributed by atoms with van der Waals surface area (Å²) in [7, 11) is 1.83. The number of halogens is 1. The Kier molecular flexibility index (Phi) is 8.70. The second-order valence-corrected chi connectivity index (χ2v) is 9.04. The van der Waals surface area contributed by atoms with E-state index in [4.69, 9.17) is 0 Å². The maximum absolute atomic E-state index is 4.41. The molecular weight excluding hydrogens is 481 g/mol. The monoisotopic (exact) mass is 513 g/mol. The minimum absolute atomic E-state index is 0. The summed E-state index contributed by atoms with van der Waals surface area (Å²) >= 11 is 1.76. The quantitative estimate of drug-likeness (QED) is 0.352. The van der Waals surface area contributed by atoms with Gasteiger partial charge in [-0.1, -0.05) is 24.3 Å². The van der Waals surface area contributed by atoms with Crippen molar-refractivity contribution in [2.75, 3.05) is 26.7 Å². The third kappa shape index (κ3) is 6.15. The van der Waals surface area contributed by atoms with Crippen molar-refractivity contribution in [1.82, 2.24) is 20.5 Å². The zero-order valence-electron chi connectivity index (χ0n) is 17.3. The molecule has 0 saturated heterocycles. The van der Waals surface area contributed by atoms with Crippen LogP contribution in [-0.2, 0) is 19.4 Å². The molecule has 5 nitrogen and oxygen atoms in total. The van der Waals surface area contributed by atoms with Gasteiger partial charge < -0.3 is 10.6 Å². The summed E-state index contributed by atoms with van der Waals surface area (Å²) in [5.41, 5.74) is 3.00. The molecule has 2 heterocycles. The predicted molar refractivity (Wildman–Crippen MR) is 130 cm³/mol.